The molecule has 1 aliphatic heterocycles. The van der Waals surface area contributed by atoms with Crippen LogP contribution in [0, 0.1) is 17.8 Å². The molecule has 1 fully saturated rings. The Bertz CT molecular complexity index is 615. The van der Waals surface area contributed by atoms with Crippen LogP contribution in [0.4, 0.5) is 22.4 Å². The summed E-state index contributed by atoms with van der Waals surface area (Å²) in [6, 6.07) is -0.611. The SMILES string of the molecule is CC(C)[C@H]1COC(=O)N1C(=O)[C@H](CCCF)[C@@H](CCC(F)(F)F)C(=O)OC(C)(C)C. The van der Waals surface area contributed by atoms with E-state index in [-0.39, 0.29) is 25.4 Å². The Balaban J connectivity index is 3.27. The topological polar surface area (TPSA) is 72.9 Å². The highest BCUT2D eigenvalue weighted by atomic mass is 19.4. The molecule has 1 rings (SSSR count). The van der Waals surface area contributed by atoms with E-state index in [9.17, 15) is 31.9 Å². The van der Waals surface area contributed by atoms with Crippen molar-refractivity contribution in [2.45, 2.75) is 78.1 Å². The van der Waals surface area contributed by atoms with Gasteiger partial charge in [-0.3, -0.25) is 14.0 Å². The molecule has 0 saturated carbocycles. The number of imide groups is 1. The molecule has 0 bridgehead atoms. The maximum absolute atomic E-state index is 13.2. The number of hydrogen-bond donors (Lipinski definition) is 0. The Kier molecular flexibility index (Phi) is 9.10. The summed E-state index contributed by atoms with van der Waals surface area (Å²) in [6.45, 7) is 7.32. The molecule has 3 atom stereocenters. The van der Waals surface area contributed by atoms with Crippen LogP contribution in [0.5, 0.6) is 0 Å². The molecule has 0 aromatic rings. The molecule has 1 saturated heterocycles. The number of carbonyl (C=O) groups excluding carboxylic acids is 3. The minimum atomic E-state index is -4.55. The lowest BCUT2D eigenvalue weighted by atomic mass is 9.83. The standard InChI is InChI=1S/C20H31F4NO5/c1-12(2)15-11-29-18(28)25(15)16(26)13(7-6-10-21)14(8-9-20(22,23)24)17(27)30-19(3,4)5/h12-15H,6-11H2,1-5H3/t13-,14-,15-/m1/s1. The predicted octanol–water partition coefficient (Wildman–Crippen LogP) is 4.66. The molecule has 0 N–H and O–H groups in total. The fourth-order valence-electron chi connectivity index (χ4n) is 3.33. The third-order valence-electron chi connectivity index (χ3n) is 4.81. The Labute approximate surface area is 174 Å². The number of halogens is 4. The summed E-state index contributed by atoms with van der Waals surface area (Å²) < 4.78 is 61.7. The largest absolute Gasteiger partial charge is 0.460 e. The highest BCUT2D eigenvalue weighted by Gasteiger charge is 2.46. The summed E-state index contributed by atoms with van der Waals surface area (Å²) in [7, 11) is 0. The van der Waals surface area contributed by atoms with Crippen molar-refractivity contribution < 1.29 is 41.4 Å². The number of cyclic esters (lactones) is 1. The number of hydrogen-bond acceptors (Lipinski definition) is 5. The molecule has 6 nitrogen and oxygen atoms in total. The van der Waals surface area contributed by atoms with Crippen molar-refractivity contribution in [1.82, 2.24) is 4.90 Å². The second-order valence-electron chi connectivity index (χ2n) is 8.83. The van der Waals surface area contributed by atoms with E-state index in [1.165, 1.54) is 0 Å². The van der Waals surface area contributed by atoms with Gasteiger partial charge in [0.1, 0.15) is 12.2 Å². The molecule has 0 aromatic heterocycles. The molecule has 1 aliphatic rings. The molecule has 0 spiro atoms. The Morgan fingerprint density at radius 3 is 2.23 bits per heavy atom. The lowest BCUT2D eigenvalue weighted by Crippen LogP contribution is -2.48. The van der Waals surface area contributed by atoms with Crippen LogP contribution in [0.25, 0.3) is 0 Å². The van der Waals surface area contributed by atoms with E-state index in [1.807, 2.05) is 0 Å². The third kappa shape index (κ3) is 7.75. The van der Waals surface area contributed by atoms with E-state index in [0.717, 1.165) is 4.90 Å². The smallest absolute Gasteiger partial charge is 0.416 e. The van der Waals surface area contributed by atoms with Gasteiger partial charge in [0.05, 0.1) is 24.6 Å². The van der Waals surface area contributed by atoms with Gasteiger partial charge in [-0.15, -0.1) is 0 Å². The van der Waals surface area contributed by atoms with E-state index < -0.39 is 67.1 Å². The van der Waals surface area contributed by atoms with Gasteiger partial charge in [0, 0.05) is 6.42 Å². The summed E-state index contributed by atoms with van der Waals surface area (Å²) in [5.41, 5.74) is -0.992. The molecule has 10 heteroatoms. The second kappa shape index (κ2) is 10.4. The van der Waals surface area contributed by atoms with Gasteiger partial charge in [-0.25, -0.2) is 9.69 Å². The summed E-state index contributed by atoms with van der Waals surface area (Å²) in [6.07, 6.45) is -7.81. The first-order valence-corrected chi connectivity index (χ1v) is 10.0. The molecule has 0 radical (unpaired) electrons. The average Bonchev–Trinajstić information content (AvgIpc) is 2.96. The first kappa shape index (κ1) is 26.2. The average molecular weight is 441 g/mol. The Morgan fingerprint density at radius 1 is 1.17 bits per heavy atom. The van der Waals surface area contributed by atoms with Gasteiger partial charge >= 0.3 is 18.2 Å². The number of nitrogens with zero attached hydrogens (tertiary/aromatic N) is 1. The lowest BCUT2D eigenvalue weighted by Gasteiger charge is -2.32. The highest BCUT2D eigenvalue weighted by Crippen LogP contribution is 2.34. The minimum Gasteiger partial charge on any atom is -0.460 e. The van der Waals surface area contributed by atoms with Crippen LogP contribution in [0.2, 0.25) is 0 Å². The van der Waals surface area contributed by atoms with Crippen LogP contribution in [-0.4, -0.2) is 54.0 Å². The second-order valence-corrected chi connectivity index (χ2v) is 8.83. The fraction of sp³-hybridized carbons (Fsp3) is 0.850. The maximum Gasteiger partial charge on any atom is 0.416 e. The van der Waals surface area contributed by atoms with E-state index in [4.69, 9.17) is 9.47 Å². The molecule has 0 aliphatic carbocycles. The third-order valence-corrected chi connectivity index (χ3v) is 4.81. The number of carbonyl (C=O) groups is 3. The van der Waals surface area contributed by atoms with Gasteiger partial charge in [0.2, 0.25) is 5.91 Å². The molecule has 2 amide bonds. The highest BCUT2D eigenvalue weighted by molar-refractivity contribution is 5.96. The van der Waals surface area contributed by atoms with Crippen molar-refractivity contribution in [3.05, 3.63) is 0 Å². The zero-order valence-electron chi connectivity index (χ0n) is 18.1. The van der Waals surface area contributed by atoms with Crippen molar-refractivity contribution in [2.75, 3.05) is 13.3 Å². The number of rotatable bonds is 9. The first-order chi connectivity index (χ1) is 13.7. The molecule has 0 unspecified atom stereocenters. The Morgan fingerprint density at radius 2 is 1.77 bits per heavy atom. The molecule has 30 heavy (non-hydrogen) atoms. The summed E-state index contributed by atoms with van der Waals surface area (Å²) in [4.78, 5) is 39.0. The summed E-state index contributed by atoms with van der Waals surface area (Å²) in [5.74, 6) is -4.77. The normalized spacial score (nSPS) is 19.6. The summed E-state index contributed by atoms with van der Waals surface area (Å²) >= 11 is 0. The van der Waals surface area contributed by atoms with Crippen molar-refractivity contribution in [1.29, 1.82) is 0 Å². The molecule has 1 heterocycles. The number of amides is 2. The van der Waals surface area contributed by atoms with Crippen molar-refractivity contribution in [3.8, 4) is 0 Å². The van der Waals surface area contributed by atoms with Gasteiger partial charge in [0.15, 0.2) is 0 Å². The van der Waals surface area contributed by atoms with Crippen LogP contribution < -0.4 is 0 Å². The van der Waals surface area contributed by atoms with Crippen molar-refractivity contribution in [2.24, 2.45) is 17.8 Å². The van der Waals surface area contributed by atoms with Crippen LogP contribution in [-0.2, 0) is 19.1 Å². The fourth-order valence-corrected chi connectivity index (χ4v) is 3.33. The Hall–Kier alpha value is -1.87. The van der Waals surface area contributed by atoms with Gasteiger partial charge in [-0.1, -0.05) is 13.8 Å². The lowest BCUT2D eigenvalue weighted by molar-refractivity contribution is -0.169. The molecule has 0 aromatic carbocycles. The zero-order valence-corrected chi connectivity index (χ0v) is 18.1. The van der Waals surface area contributed by atoms with Gasteiger partial charge in [-0.2, -0.15) is 13.2 Å². The molecular formula is C20H31F4NO5. The minimum absolute atomic E-state index is 0.0439. The number of ether oxygens (including phenoxy) is 2. The van der Waals surface area contributed by atoms with Crippen LogP contribution in [0.1, 0.15) is 60.3 Å². The van der Waals surface area contributed by atoms with E-state index >= 15 is 0 Å². The quantitative estimate of drug-likeness (QED) is 0.385. The molecule has 174 valence electrons. The summed E-state index contributed by atoms with van der Waals surface area (Å²) in [5, 5.41) is 0. The molecular weight excluding hydrogens is 410 g/mol. The van der Waals surface area contributed by atoms with Gasteiger partial charge < -0.3 is 9.47 Å². The number of alkyl halides is 4. The van der Waals surface area contributed by atoms with Crippen LogP contribution >= 0.6 is 0 Å². The van der Waals surface area contributed by atoms with Gasteiger partial charge in [-0.05, 0) is 46.0 Å². The van der Waals surface area contributed by atoms with Crippen molar-refractivity contribution in [3.63, 3.8) is 0 Å². The predicted molar refractivity (Wildman–Crippen MR) is 100 cm³/mol. The van der Waals surface area contributed by atoms with E-state index in [0.29, 0.717) is 0 Å². The zero-order chi connectivity index (χ0) is 23.3. The van der Waals surface area contributed by atoms with Crippen LogP contribution in [0.15, 0.2) is 0 Å². The monoisotopic (exact) mass is 441 g/mol. The van der Waals surface area contributed by atoms with Gasteiger partial charge in [0.25, 0.3) is 0 Å². The van der Waals surface area contributed by atoms with E-state index in [2.05, 4.69) is 0 Å². The van der Waals surface area contributed by atoms with Crippen molar-refractivity contribution >= 4 is 18.0 Å². The van der Waals surface area contributed by atoms with Crippen LogP contribution in [0.3, 0.4) is 0 Å². The maximum atomic E-state index is 13.2. The first-order valence-electron chi connectivity index (χ1n) is 10.0. The van der Waals surface area contributed by atoms with E-state index in [1.54, 1.807) is 34.6 Å². The number of esters is 1.